The van der Waals surface area contributed by atoms with Crippen molar-refractivity contribution in [2.45, 2.75) is 139 Å². The first-order valence-corrected chi connectivity index (χ1v) is 20.3. The van der Waals surface area contributed by atoms with Crippen LogP contribution in [0.4, 0.5) is 4.79 Å². The van der Waals surface area contributed by atoms with Crippen molar-refractivity contribution in [3.05, 3.63) is 11.6 Å². The summed E-state index contributed by atoms with van der Waals surface area (Å²) in [7, 11) is 5.24. The number of ether oxygens (including phenoxy) is 5. The fraction of sp³-hybridized carbons (Fsp3) is 0.811. The molecule has 3 aliphatic heterocycles. The van der Waals surface area contributed by atoms with Gasteiger partial charge in [-0.1, -0.05) is 39.5 Å². The molecule has 1 N–H and O–H groups in total. The number of amides is 1. The van der Waals surface area contributed by atoms with E-state index in [4.69, 9.17) is 23.7 Å². The molecule has 4 heterocycles. The number of aliphatic hydroxyl groups is 1. The fourth-order valence-corrected chi connectivity index (χ4v) is 10.0. The Hall–Kier alpha value is -2.14. The Morgan fingerprint density at radius 2 is 1.79 bits per heavy atom. The van der Waals surface area contributed by atoms with E-state index in [0.29, 0.717) is 25.1 Å². The molecule has 4 rings (SSSR count). The highest BCUT2D eigenvalue weighted by atomic mass is 32.2. The number of hydrogen-bond acceptors (Lipinski definition) is 14. The van der Waals surface area contributed by atoms with Crippen molar-refractivity contribution in [2.24, 2.45) is 23.7 Å². The van der Waals surface area contributed by atoms with Gasteiger partial charge in [0.2, 0.25) is 0 Å². The van der Waals surface area contributed by atoms with E-state index in [-0.39, 0.29) is 30.8 Å². The number of hydrogen-bond donors (Lipinski definition) is 1. The summed E-state index contributed by atoms with van der Waals surface area (Å²) in [6.45, 7) is 14.3. The van der Waals surface area contributed by atoms with Gasteiger partial charge in [0.15, 0.2) is 17.7 Å². The van der Waals surface area contributed by atoms with Gasteiger partial charge in [-0.05, 0) is 67.5 Å². The molecule has 0 bridgehead atoms. The first kappa shape index (κ1) is 42.6. The van der Waals surface area contributed by atoms with Gasteiger partial charge in [-0.25, -0.2) is 9.78 Å². The average molecular weight is 770 g/mol. The second-order valence-electron chi connectivity index (χ2n) is 15.4. The molecule has 0 aliphatic carbocycles. The SMILES string of the molecule is CC[C@H]1OC(=O)[C@H](C)C(=O)[C@H](C)[C@@H](O[C@@H]2O[C@H](C)C[C@H](N(C)C)[C@H]2O)[C@@](C)(OC)C[C@@H](C)C(=O)[C@H](C)[C@H]2N(CCCSc3nccs3)C(=O)O[C@]12C. The Morgan fingerprint density at radius 1 is 1.10 bits per heavy atom. The normalized spacial score (nSPS) is 39.6. The number of likely N-dealkylation sites (N-methyl/N-ethyl adjacent to an activating group) is 1. The van der Waals surface area contributed by atoms with Gasteiger partial charge < -0.3 is 38.6 Å². The molecular formula is C37H59N3O10S2. The van der Waals surface area contributed by atoms with Crippen molar-refractivity contribution in [1.82, 2.24) is 14.8 Å². The molecule has 1 amide bonds. The van der Waals surface area contributed by atoms with Gasteiger partial charge in [-0.3, -0.25) is 14.4 Å². The number of methoxy groups -OCH3 is 1. The first-order valence-electron chi connectivity index (χ1n) is 18.4. The van der Waals surface area contributed by atoms with Crippen molar-refractivity contribution >= 4 is 46.7 Å². The van der Waals surface area contributed by atoms with Crippen LogP contribution in [0.1, 0.15) is 81.1 Å². The smallest absolute Gasteiger partial charge is 0.410 e. The number of thioether (sulfide) groups is 1. The lowest BCUT2D eigenvalue weighted by Crippen LogP contribution is -2.60. The maximum atomic E-state index is 14.6. The Labute approximate surface area is 316 Å². The number of nitrogens with zero attached hydrogens (tertiary/aromatic N) is 3. The zero-order valence-corrected chi connectivity index (χ0v) is 34.2. The van der Waals surface area contributed by atoms with Gasteiger partial charge >= 0.3 is 12.1 Å². The van der Waals surface area contributed by atoms with Crippen LogP contribution in [0.2, 0.25) is 0 Å². The summed E-state index contributed by atoms with van der Waals surface area (Å²) in [6.07, 6.45) is -1.58. The van der Waals surface area contributed by atoms with Crippen molar-refractivity contribution in [3.63, 3.8) is 0 Å². The van der Waals surface area contributed by atoms with Gasteiger partial charge in [0.05, 0.1) is 23.9 Å². The van der Waals surface area contributed by atoms with Gasteiger partial charge in [0, 0.05) is 54.8 Å². The number of aliphatic hydroxyl groups excluding tert-OH is 1. The Kier molecular flexibility index (Phi) is 14.4. The second kappa shape index (κ2) is 17.5. The lowest BCUT2D eigenvalue weighted by Gasteiger charge is -2.47. The molecule has 3 fully saturated rings. The van der Waals surface area contributed by atoms with E-state index >= 15 is 0 Å². The van der Waals surface area contributed by atoms with Crippen LogP contribution in [0.15, 0.2) is 15.9 Å². The van der Waals surface area contributed by atoms with Crippen molar-refractivity contribution in [1.29, 1.82) is 0 Å². The summed E-state index contributed by atoms with van der Waals surface area (Å²) in [6, 6.07) is -1.03. The number of carbonyl (C=O) groups is 4. The average Bonchev–Trinajstić information content (AvgIpc) is 3.71. The van der Waals surface area contributed by atoms with Crippen molar-refractivity contribution < 1.29 is 48.0 Å². The highest BCUT2D eigenvalue weighted by Gasteiger charge is 2.60. The summed E-state index contributed by atoms with van der Waals surface area (Å²) in [5.41, 5.74) is -2.62. The standard InChI is InChI=1S/C37H59N3O10S2/c1-12-26-37(8)30(40(35(45)50-37)15-13-16-51-34-38-14-17-52-34)22(4)27(41)20(2)19-36(7,46-11)31(23(5)28(42)24(6)32(44)48-26)49-33-29(43)25(39(9)10)18-21(3)47-33/h14,17,20-26,29-31,33,43H,12-13,15-16,18-19H2,1-11H3/t20-,21-,22+,23+,24-,25+,26-,29-,30-,31-,33+,36+,37-/m1/s1. The lowest BCUT2D eigenvalue weighted by atomic mass is 9.73. The summed E-state index contributed by atoms with van der Waals surface area (Å²) in [4.78, 5) is 64.1. The monoisotopic (exact) mass is 769 g/mol. The van der Waals surface area contributed by atoms with E-state index in [1.54, 1.807) is 61.9 Å². The molecular weight excluding hydrogens is 711 g/mol. The van der Waals surface area contributed by atoms with Gasteiger partial charge in [0.1, 0.15) is 28.2 Å². The van der Waals surface area contributed by atoms with Crippen LogP contribution in [0, 0.1) is 23.7 Å². The van der Waals surface area contributed by atoms with E-state index in [2.05, 4.69) is 4.98 Å². The van der Waals surface area contributed by atoms with Crippen molar-refractivity contribution in [2.75, 3.05) is 33.5 Å². The zero-order chi connectivity index (χ0) is 38.7. The van der Waals surface area contributed by atoms with Crippen LogP contribution < -0.4 is 0 Å². The maximum Gasteiger partial charge on any atom is 0.410 e. The molecule has 0 spiro atoms. The molecule has 0 aromatic carbocycles. The summed E-state index contributed by atoms with van der Waals surface area (Å²) in [5.74, 6) is -4.16. The van der Waals surface area contributed by atoms with E-state index in [1.165, 1.54) is 14.0 Å². The summed E-state index contributed by atoms with van der Waals surface area (Å²) < 4.78 is 32.0. The number of ketones is 2. The fourth-order valence-electron chi connectivity index (χ4n) is 8.39. The van der Waals surface area contributed by atoms with Crippen LogP contribution in [0.5, 0.6) is 0 Å². The number of fused-ring (bicyclic) bond motifs is 1. The van der Waals surface area contributed by atoms with E-state index in [0.717, 1.165) is 4.34 Å². The zero-order valence-electron chi connectivity index (χ0n) is 32.5. The molecule has 3 saturated heterocycles. The number of Topliss-reactive ketones (excluding diaryl/α,β-unsaturated/α-hetero) is 2. The van der Waals surface area contributed by atoms with E-state index in [1.807, 2.05) is 45.1 Å². The maximum absolute atomic E-state index is 14.6. The predicted molar refractivity (Wildman–Crippen MR) is 197 cm³/mol. The first-order chi connectivity index (χ1) is 24.4. The highest BCUT2D eigenvalue weighted by Crippen LogP contribution is 2.43. The number of cyclic esters (lactones) is 1. The van der Waals surface area contributed by atoms with Gasteiger partial charge in [0.25, 0.3) is 0 Å². The topological polar surface area (TPSA) is 154 Å². The van der Waals surface area contributed by atoms with Crippen LogP contribution in [0.3, 0.4) is 0 Å². The van der Waals surface area contributed by atoms with Crippen LogP contribution in [0.25, 0.3) is 0 Å². The predicted octanol–water partition coefficient (Wildman–Crippen LogP) is 4.83. The molecule has 1 aromatic rings. The third-order valence-corrected chi connectivity index (χ3v) is 13.4. The van der Waals surface area contributed by atoms with Crippen LogP contribution in [-0.2, 0) is 38.1 Å². The summed E-state index contributed by atoms with van der Waals surface area (Å²) >= 11 is 3.14. The molecule has 13 atom stereocenters. The molecule has 15 heteroatoms. The van der Waals surface area contributed by atoms with Gasteiger partial charge in [-0.2, -0.15) is 0 Å². The minimum absolute atomic E-state index is 0.139. The summed E-state index contributed by atoms with van der Waals surface area (Å²) in [5, 5.41) is 13.3. The Bertz CT molecular complexity index is 1400. The quantitative estimate of drug-likeness (QED) is 0.150. The third-order valence-electron chi connectivity index (χ3n) is 11.3. The molecule has 0 unspecified atom stereocenters. The number of carbonyl (C=O) groups excluding carboxylic acids is 4. The Morgan fingerprint density at radius 3 is 2.38 bits per heavy atom. The molecule has 0 saturated carbocycles. The number of aromatic nitrogens is 1. The second-order valence-corrected chi connectivity index (χ2v) is 17.6. The molecule has 0 radical (unpaired) electrons. The third kappa shape index (κ3) is 8.87. The Balaban J connectivity index is 1.72. The molecule has 52 heavy (non-hydrogen) atoms. The minimum Gasteiger partial charge on any atom is -0.458 e. The number of thiazole rings is 1. The molecule has 13 nitrogen and oxygen atoms in total. The van der Waals surface area contributed by atoms with Gasteiger partial charge in [-0.15, -0.1) is 11.3 Å². The molecule has 294 valence electrons. The molecule has 1 aromatic heterocycles. The minimum atomic E-state index is -1.37. The lowest BCUT2D eigenvalue weighted by molar-refractivity contribution is -0.295. The number of rotatable bonds is 10. The highest BCUT2D eigenvalue weighted by molar-refractivity contribution is 8.00. The number of esters is 1. The molecule has 3 aliphatic rings. The van der Waals surface area contributed by atoms with E-state index < -0.39 is 83.4 Å². The van der Waals surface area contributed by atoms with Crippen LogP contribution >= 0.6 is 23.1 Å². The van der Waals surface area contributed by atoms with Crippen LogP contribution in [-0.4, -0.2) is 131 Å². The largest absolute Gasteiger partial charge is 0.458 e. The van der Waals surface area contributed by atoms with E-state index in [9.17, 15) is 24.3 Å². The van der Waals surface area contributed by atoms with Crippen molar-refractivity contribution in [3.8, 4) is 0 Å².